The molecule has 0 saturated heterocycles. The van der Waals surface area contributed by atoms with Crippen LogP contribution in [0.3, 0.4) is 0 Å². The van der Waals surface area contributed by atoms with Crippen LogP contribution in [0.4, 0.5) is 0 Å². The second kappa shape index (κ2) is 6.19. The van der Waals surface area contributed by atoms with Gasteiger partial charge in [-0.25, -0.2) is 4.79 Å². The summed E-state index contributed by atoms with van der Waals surface area (Å²) in [6.07, 6.45) is 7.42. The van der Waals surface area contributed by atoms with Gasteiger partial charge in [-0.3, -0.25) is 0 Å². The second-order valence-corrected chi connectivity index (χ2v) is 3.79. The van der Waals surface area contributed by atoms with E-state index in [1.54, 1.807) is 12.1 Å². The molecular formula is C12H8Cl2O3. The molecule has 0 radical (unpaired) electrons. The summed E-state index contributed by atoms with van der Waals surface area (Å²) in [7, 11) is 0. The van der Waals surface area contributed by atoms with Crippen LogP contribution in [0, 0.1) is 12.3 Å². The van der Waals surface area contributed by atoms with Crippen LogP contribution < -0.4 is 4.74 Å². The first-order valence-electron chi connectivity index (χ1n) is 4.51. The monoisotopic (exact) mass is 270 g/mol. The van der Waals surface area contributed by atoms with Crippen molar-refractivity contribution in [2.45, 2.75) is 0 Å². The molecule has 1 aromatic carbocycles. The summed E-state index contributed by atoms with van der Waals surface area (Å²) in [6.45, 7) is 0.0593. The van der Waals surface area contributed by atoms with E-state index < -0.39 is 5.97 Å². The number of terminal acetylenes is 1. The molecule has 0 heterocycles. The normalized spacial score (nSPS) is 10.2. The van der Waals surface area contributed by atoms with Crippen molar-refractivity contribution in [1.82, 2.24) is 0 Å². The van der Waals surface area contributed by atoms with Gasteiger partial charge in [-0.1, -0.05) is 29.1 Å². The average molecular weight is 271 g/mol. The van der Waals surface area contributed by atoms with Gasteiger partial charge in [0.05, 0.1) is 10.0 Å². The molecule has 0 spiro atoms. The van der Waals surface area contributed by atoms with Gasteiger partial charge in [0.1, 0.15) is 6.61 Å². The van der Waals surface area contributed by atoms with Gasteiger partial charge in [0.2, 0.25) is 0 Å². The molecule has 0 amide bonds. The average Bonchev–Trinajstić information content (AvgIpc) is 2.25. The number of aliphatic carboxylic acids is 1. The number of carboxylic acid groups (broad SMARTS) is 1. The molecule has 0 unspecified atom stereocenters. The Balaban J connectivity index is 3.01. The fourth-order valence-electron chi connectivity index (χ4n) is 1.09. The highest BCUT2D eigenvalue weighted by Gasteiger charge is 2.08. The lowest BCUT2D eigenvalue weighted by Gasteiger charge is -2.08. The van der Waals surface area contributed by atoms with E-state index >= 15 is 0 Å². The van der Waals surface area contributed by atoms with E-state index in [0.29, 0.717) is 11.3 Å². The Kier molecular flexibility index (Phi) is 4.89. The predicted octanol–water partition coefficient (Wildman–Crippen LogP) is 3.10. The minimum absolute atomic E-state index is 0.0593. The maximum atomic E-state index is 10.4. The number of benzene rings is 1. The Hall–Kier alpha value is -1.63. The fourth-order valence-corrected chi connectivity index (χ4v) is 1.71. The zero-order valence-electron chi connectivity index (χ0n) is 8.61. The molecular weight excluding hydrogens is 263 g/mol. The van der Waals surface area contributed by atoms with Crippen LogP contribution in [0.5, 0.6) is 5.75 Å². The first-order chi connectivity index (χ1) is 8.04. The van der Waals surface area contributed by atoms with E-state index in [4.69, 9.17) is 39.5 Å². The van der Waals surface area contributed by atoms with Crippen molar-refractivity contribution in [3.8, 4) is 18.1 Å². The Labute approximate surface area is 109 Å². The standard InChI is InChI=1S/C12H8Cl2O3/c1-2-5-17-12-9(13)6-8(7-10(12)14)3-4-11(15)16/h1,3-4,6-7H,5H2,(H,15,16). The van der Waals surface area contributed by atoms with E-state index in [-0.39, 0.29) is 16.7 Å². The van der Waals surface area contributed by atoms with Crippen LogP contribution in [-0.2, 0) is 4.79 Å². The number of ether oxygens (including phenoxy) is 1. The Bertz CT molecular complexity index is 478. The molecule has 0 aromatic heterocycles. The number of halogens is 2. The van der Waals surface area contributed by atoms with Crippen molar-refractivity contribution in [3.05, 3.63) is 33.8 Å². The van der Waals surface area contributed by atoms with Crippen LogP contribution in [0.1, 0.15) is 5.56 Å². The minimum atomic E-state index is -1.05. The topological polar surface area (TPSA) is 46.5 Å². The molecule has 0 aliphatic carbocycles. The van der Waals surface area contributed by atoms with Crippen LogP contribution in [-0.4, -0.2) is 17.7 Å². The molecule has 88 valence electrons. The van der Waals surface area contributed by atoms with Crippen LogP contribution in [0.25, 0.3) is 6.08 Å². The summed E-state index contributed by atoms with van der Waals surface area (Å²) in [5.74, 6) is 1.53. The van der Waals surface area contributed by atoms with Gasteiger partial charge >= 0.3 is 5.97 Å². The molecule has 0 aliphatic heterocycles. The fraction of sp³-hybridized carbons (Fsp3) is 0.0833. The quantitative estimate of drug-likeness (QED) is 0.676. The molecule has 0 atom stereocenters. The van der Waals surface area contributed by atoms with E-state index in [1.807, 2.05) is 0 Å². The first kappa shape index (κ1) is 13.4. The molecule has 5 heteroatoms. The van der Waals surface area contributed by atoms with Crippen LogP contribution in [0.2, 0.25) is 10.0 Å². The third kappa shape index (κ3) is 4.03. The summed E-state index contributed by atoms with van der Waals surface area (Å²) >= 11 is 11.9. The Morgan fingerprint density at radius 1 is 1.47 bits per heavy atom. The zero-order valence-corrected chi connectivity index (χ0v) is 10.1. The summed E-state index contributed by atoms with van der Waals surface area (Å²) < 4.78 is 5.16. The molecule has 17 heavy (non-hydrogen) atoms. The van der Waals surface area contributed by atoms with E-state index in [2.05, 4.69) is 5.92 Å². The highest BCUT2D eigenvalue weighted by molar-refractivity contribution is 6.37. The number of carboxylic acids is 1. The molecule has 3 nitrogen and oxygen atoms in total. The van der Waals surface area contributed by atoms with Gasteiger partial charge in [-0.2, -0.15) is 0 Å². The number of carbonyl (C=O) groups is 1. The number of hydrogen-bond donors (Lipinski definition) is 1. The van der Waals surface area contributed by atoms with Crippen molar-refractivity contribution in [1.29, 1.82) is 0 Å². The predicted molar refractivity (Wildman–Crippen MR) is 67.5 cm³/mol. The van der Waals surface area contributed by atoms with Crippen molar-refractivity contribution in [3.63, 3.8) is 0 Å². The van der Waals surface area contributed by atoms with Crippen LogP contribution >= 0.6 is 23.2 Å². The van der Waals surface area contributed by atoms with Crippen molar-refractivity contribution < 1.29 is 14.6 Å². The summed E-state index contributed by atoms with van der Waals surface area (Å²) in [5, 5.41) is 9.04. The Morgan fingerprint density at radius 2 is 2.06 bits per heavy atom. The third-order valence-electron chi connectivity index (χ3n) is 1.74. The minimum Gasteiger partial charge on any atom is -0.478 e. The molecule has 1 aromatic rings. The molecule has 0 bridgehead atoms. The summed E-state index contributed by atoms with van der Waals surface area (Å²) in [4.78, 5) is 10.4. The van der Waals surface area contributed by atoms with E-state index in [9.17, 15) is 4.79 Å². The lowest BCUT2D eigenvalue weighted by atomic mass is 10.2. The number of rotatable bonds is 4. The van der Waals surface area contributed by atoms with Crippen molar-refractivity contribution in [2.75, 3.05) is 6.61 Å². The first-order valence-corrected chi connectivity index (χ1v) is 5.26. The smallest absolute Gasteiger partial charge is 0.328 e. The molecule has 1 N–H and O–H groups in total. The molecule has 1 rings (SSSR count). The summed E-state index contributed by atoms with van der Waals surface area (Å²) in [6, 6.07) is 3.08. The molecule has 0 saturated carbocycles. The van der Waals surface area contributed by atoms with Gasteiger partial charge in [0.15, 0.2) is 5.75 Å². The number of hydrogen-bond acceptors (Lipinski definition) is 2. The largest absolute Gasteiger partial charge is 0.478 e. The second-order valence-electron chi connectivity index (χ2n) is 2.98. The van der Waals surface area contributed by atoms with Gasteiger partial charge in [-0.05, 0) is 23.8 Å². The van der Waals surface area contributed by atoms with Gasteiger partial charge in [-0.15, -0.1) is 6.42 Å². The zero-order chi connectivity index (χ0) is 12.8. The van der Waals surface area contributed by atoms with E-state index in [0.717, 1.165) is 6.08 Å². The Morgan fingerprint density at radius 3 is 2.53 bits per heavy atom. The van der Waals surface area contributed by atoms with Crippen molar-refractivity contribution >= 4 is 35.2 Å². The summed E-state index contributed by atoms with van der Waals surface area (Å²) in [5.41, 5.74) is 0.565. The maximum Gasteiger partial charge on any atom is 0.328 e. The third-order valence-corrected chi connectivity index (χ3v) is 2.30. The highest BCUT2D eigenvalue weighted by Crippen LogP contribution is 2.34. The SMILES string of the molecule is C#CCOc1c(Cl)cc(C=CC(=O)O)cc1Cl. The molecule has 0 aliphatic rings. The molecule has 0 fully saturated rings. The van der Waals surface area contributed by atoms with Gasteiger partial charge < -0.3 is 9.84 Å². The van der Waals surface area contributed by atoms with Gasteiger partial charge in [0, 0.05) is 6.08 Å². The lowest BCUT2D eigenvalue weighted by molar-refractivity contribution is -0.131. The lowest BCUT2D eigenvalue weighted by Crippen LogP contribution is -1.95. The highest BCUT2D eigenvalue weighted by atomic mass is 35.5. The van der Waals surface area contributed by atoms with Crippen molar-refractivity contribution in [2.24, 2.45) is 0 Å². The van der Waals surface area contributed by atoms with Gasteiger partial charge in [0.25, 0.3) is 0 Å². The van der Waals surface area contributed by atoms with Crippen LogP contribution in [0.15, 0.2) is 18.2 Å². The maximum absolute atomic E-state index is 10.4. The van der Waals surface area contributed by atoms with E-state index in [1.165, 1.54) is 6.08 Å².